The summed E-state index contributed by atoms with van der Waals surface area (Å²) in [5.41, 5.74) is 0. The summed E-state index contributed by atoms with van der Waals surface area (Å²) in [5.74, 6) is -0.210. The molecule has 0 atom stereocenters. The minimum Gasteiger partial charge on any atom is -0.492 e. The van der Waals surface area contributed by atoms with Gasteiger partial charge in [-0.05, 0) is 24.3 Å². The molecule has 0 bridgehead atoms. The number of carbonyl (C=O) groups excluding carboxylic acids is 2. The number of esters is 1. The van der Waals surface area contributed by atoms with E-state index in [1.54, 1.807) is 12.1 Å². The molecule has 1 heterocycles. The van der Waals surface area contributed by atoms with Crippen LogP contribution in [0.4, 0.5) is 0 Å². The fourth-order valence-electron chi connectivity index (χ4n) is 1.55. The normalized spacial score (nSPS) is 10.0. The smallest absolute Gasteiger partial charge is 0.348 e. The number of rotatable bonds is 7. The van der Waals surface area contributed by atoms with Gasteiger partial charge in [0.25, 0.3) is 5.91 Å². The molecule has 0 aliphatic rings. The molecule has 0 radical (unpaired) electrons. The van der Waals surface area contributed by atoms with E-state index < -0.39 is 5.97 Å². The Morgan fingerprint density at radius 2 is 1.91 bits per heavy atom. The van der Waals surface area contributed by atoms with E-state index in [4.69, 9.17) is 21.1 Å². The van der Waals surface area contributed by atoms with Crippen LogP contribution in [0.2, 0.25) is 4.34 Å². The first kappa shape index (κ1) is 16.3. The molecule has 1 amide bonds. The molecule has 0 fully saturated rings. The Morgan fingerprint density at radius 3 is 2.59 bits per heavy atom. The minimum absolute atomic E-state index is 0.329. The summed E-state index contributed by atoms with van der Waals surface area (Å²) in [5, 5.41) is 2.60. The Balaban J connectivity index is 1.61. The maximum Gasteiger partial charge on any atom is 0.348 e. The van der Waals surface area contributed by atoms with Crippen LogP contribution < -0.4 is 10.1 Å². The molecule has 7 heteroatoms. The van der Waals surface area contributed by atoms with Crippen LogP contribution in [0.5, 0.6) is 5.75 Å². The van der Waals surface area contributed by atoms with Crippen molar-refractivity contribution in [3.8, 4) is 5.75 Å². The first-order valence-electron chi connectivity index (χ1n) is 6.52. The van der Waals surface area contributed by atoms with Gasteiger partial charge in [-0.1, -0.05) is 29.8 Å². The van der Waals surface area contributed by atoms with E-state index in [-0.39, 0.29) is 12.5 Å². The second-order valence-corrected chi connectivity index (χ2v) is 5.91. The first-order chi connectivity index (χ1) is 10.6. The molecule has 0 unspecified atom stereocenters. The molecule has 1 aromatic heterocycles. The number of nitrogens with one attached hydrogen (secondary N) is 1. The zero-order chi connectivity index (χ0) is 15.8. The van der Waals surface area contributed by atoms with E-state index >= 15 is 0 Å². The number of carbonyl (C=O) groups is 2. The Hall–Kier alpha value is -2.05. The van der Waals surface area contributed by atoms with Crippen molar-refractivity contribution in [3.05, 3.63) is 51.7 Å². The molecule has 5 nitrogen and oxygen atoms in total. The van der Waals surface area contributed by atoms with E-state index in [0.29, 0.717) is 22.4 Å². The monoisotopic (exact) mass is 339 g/mol. The van der Waals surface area contributed by atoms with Gasteiger partial charge in [0, 0.05) is 0 Å². The lowest BCUT2D eigenvalue weighted by Crippen LogP contribution is -2.32. The molecule has 0 saturated carbocycles. The third kappa shape index (κ3) is 5.38. The van der Waals surface area contributed by atoms with Gasteiger partial charge in [0.05, 0.1) is 10.9 Å². The number of thiophene rings is 1. The van der Waals surface area contributed by atoms with Crippen molar-refractivity contribution in [2.24, 2.45) is 0 Å². The van der Waals surface area contributed by atoms with Gasteiger partial charge in [0.1, 0.15) is 17.2 Å². The number of ether oxygens (including phenoxy) is 2. The molecular formula is C15H14ClNO4S. The van der Waals surface area contributed by atoms with E-state index in [2.05, 4.69) is 5.32 Å². The molecular weight excluding hydrogens is 326 g/mol. The maximum atomic E-state index is 11.6. The zero-order valence-corrected chi connectivity index (χ0v) is 13.2. The molecule has 0 aliphatic heterocycles. The number of para-hydroxylation sites is 1. The highest BCUT2D eigenvalue weighted by Crippen LogP contribution is 2.21. The fraction of sp³-hybridized carbons (Fsp3) is 0.200. The van der Waals surface area contributed by atoms with Gasteiger partial charge in [-0.3, -0.25) is 4.79 Å². The van der Waals surface area contributed by atoms with E-state index in [1.807, 2.05) is 30.3 Å². The Labute approximate surface area is 136 Å². The average molecular weight is 340 g/mol. The highest BCUT2D eigenvalue weighted by atomic mass is 35.5. The van der Waals surface area contributed by atoms with Crippen LogP contribution in [0.15, 0.2) is 42.5 Å². The van der Waals surface area contributed by atoms with Gasteiger partial charge >= 0.3 is 5.97 Å². The minimum atomic E-state index is -0.562. The summed E-state index contributed by atoms with van der Waals surface area (Å²) in [6.45, 7) is 0.333. The van der Waals surface area contributed by atoms with Gasteiger partial charge in [-0.2, -0.15) is 0 Å². The van der Waals surface area contributed by atoms with Gasteiger partial charge in [0.2, 0.25) is 0 Å². The Bertz CT molecular complexity index is 629. The lowest BCUT2D eigenvalue weighted by molar-refractivity contribution is -0.124. The average Bonchev–Trinajstić information content (AvgIpc) is 2.97. The van der Waals surface area contributed by atoms with Gasteiger partial charge in [0.15, 0.2) is 6.61 Å². The summed E-state index contributed by atoms with van der Waals surface area (Å²) in [7, 11) is 0. The number of benzene rings is 1. The van der Waals surface area contributed by atoms with E-state index in [1.165, 1.54) is 0 Å². The molecule has 0 aliphatic carbocycles. The number of hydrogen-bond acceptors (Lipinski definition) is 5. The largest absolute Gasteiger partial charge is 0.492 e. The van der Waals surface area contributed by atoms with Crippen LogP contribution >= 0.6 is 22.9 Å². The molecule has 0 saturated heterocycles. The first-order valence-corrected chi connectivity index (χ1v) is 7.71. The number of halogens is 1. The van der Waals surface area contributed by atoms with Crippen molar-refractivity contribution < 1.29 is 19.1 Å². The van der Waals surface area contributed by atoms with Crippen LogP contribution in [0.25, 0.3) is 0 Å². The van der Waals surface area contributed by atoms with Gasteiger partial charge < -0.3 is 14.8 Å². The fourth-order valence-corrected chi connectivity index (χ4v) is 2.49. The number of hydrogen-bond donors (Lipinski definition) is 1. The summed E-state index contributed by atoms with van der Waals surface area (Å²) in [6, 6.07) is 12.4. The van der Waals surface area contributed by atoms with Crippen LogP contribution in [0.1, 0.15) is 9.67 Å². The van der Waals surface area contributed by atoms with Crippen LogP contribution in [-0.2, 0) is 9.53 Å². The highest BCUT2D eigenvalue weighted by molar-refractivity contribution is 7.17. The van der Waals surface area contributed by atoms with Crippen LogP contribution in [-0.4, -0.2) is 31.6 Å². The molecule has 1 aromatic carbocycles. The molecule has 2 rings (SSSR count). The van der Waals surface area contributed by atoms with E-state index in [9.17, 15) is 9.59 Å². The lowest BCUT2D eigenvalue weighted by atomic mass is 10.3. The molecule has 1 N–H and O–H groups in total. The summed E-state index contributed by atoms with van der Waals surface area (Å²) < 4.78 is 10.8. The lowest BCUT2D eigenvalue weighted by Gasteiger charge is -2.07. The third-order valence-electron chi connectivity index (χ3n) is 2.54. The topological polar surface area (TPSA) is 64.6 Å². The van der Waals surface area contributed by atoms with Crippen molar-refractivity contribution >= 4 is 34.8 Å². The summed E-state index contributed by atoms with van der Waals surface area (Å²) in [6.07, 6.45) is 0. The highest BCUT2D eigenvalue weighted by Gasteiger charge is 2.12. The second kappa shape index (κ2) is 8.41. The third-order valence-corrected chi connectivity index (χ3v) is 3.76. The molecule has 0 spiro atoms. The number of amides is 1. The Morgan fingerprint density at radius 1 is 1.14 bits per heavy atom. The maximum absolute atomic E-state index is 11.6. The van der Waals surface area contributed by atoms with Crippen molar-refractivity contribution in [2.45, 2.75) is 0 Å². The Kier molecular flexibility index (Phi) is 6.24. The predicted molar refractivity (Wildman–Crippen MR) is 84.6 cm³/mol. The van der Waals surface area contributed by atoms with Crippen molar-refractivity contribution in [1.82, 2.24) is 5.32 Å². The van der Waals surface area contributed by atoms with Crippen LogP contribution in [0, 0.1) is 0 Å². The standard InChI is InChI=1S/C15H14ClNO4S/c16-13-7-6-12(22-13)15(19)21-10-14(18)17-8-9-20-11-4-2-1-3-5-11/h1-7H,8-10H2,(H,17,18). The summed E-state index contributed by atoms with van der Waals surface area (Å²) in [4.78, 5) is 23.5. The SMILES string of the molecule is O=C(COC(=O)c1ccc(Cl)s1)NCCOc1ccccc1. The van der Waals surface area contributed by atoms with Crippen molar-refractivity contribution in [2.75, 3.05) is 19.8 Å². The molecule has 22 heavy (non-hydrogen) atoms. The second-order valence-electron chi connectivity index (χ2n) is 4.19. The van der Waals surface area contributed by atoms with Gasteiger partial charge in [-0.25, -0.2) is 4.79 Å². The van der Waals surface area contributed by atoms with E-state index in [0.717, 1.165) is 17.1 Å². The quantitative estimate of drug-likeness (QED) is 0.622. The van der Waals surface area contributed by atoms with Gasteiger partial charge in [-0.15, -0.1) is 11.3 Å². The molecule has 2 aromatic rings. The van der Waals surface area contributed by atoms with Crippen LogP contribution in [0.3, 0.4) is 0 Å². The van der Waals surface area contributed by atoms with Crippen molar-refractivity contribution in [1.29, 1.82) is 0 Å². The molecule has 116 valence electrons. The zero-order valence-electron chi connectivity index (χ0n) is 11.6. The predicted octanol–water partition coefficient (Wildman–Crippen LogP) is 2.75. The summed E-state index contributed by atoms with van der Waals surface area (Å²) >= 11 is 6.83. The van der Waals surface area contributed by atoms with Crippen molar-refractivity contribution in [3.63, 3.8) is 0 Å².